The lowest BCUT2D eigenvalue weighted by Crippen LogP contribution is -2.51. The Kier molecular flexibility index (Phi) is 6.10. The Labute approximate surface area is 145 Å². The van der Waals surface area contributed by atoms with E-state index in [0.29, 0.717) is 6.42 Å². The smallest absolute Gasteiger partial charge is 0.222 e. The molecular formula is C19H29N3O2. The number of nitrogens with zero attached hydrogens (tertiary/aromatic N) is 2. The normalized spacial score (nSPS) is 23.2. The average Bonchev–Trinajstić information content (AvgIpc) is 3.09. The Balaban J connectivity index is 1.36. The quantitative estimate of drug-likeness (QED) is 0.864. The SMILES string of the molecule is C[C@H](CN1CCN(c2ccccc2)CC1)NC(=O)C[C@@H]1CCCO1. The molecule has 0 radical (unpaired) electrons. The Bertz CT molecular complexity index is 509. The number of amides is 1. The molecule has 2 saturated heterocycles. The molecule has 24 heavy (non-hydrogen) atoms. The van der Waals surface area contributed by atoms with E-state index in [1.165, 1.54) is 5.69 Å². The second-order valence-corrected chi connectivity index (χ2v) is 6.93. The van der Waals surface area contributed by atoms with Gasteiger partial charge in [-0.2, -0.15) is 0 Å². The maximum Gasteiger partial charge on any atom is 0.222 e. The molecule has 0 bridgehead atoms. The van der Waals surface area contributed by atoms with Crippen molar-refractivity contribution in [3.05, 3.63) is 30.3 Å². The lowest BCUT2D eigenvalue weighted by Gasteiger charge is -2.37. The van der Waals surface area contributed by atoms with Crippen molar-refractivity contribution < 1.29 is 9.53 Å². The van der Waals surface area contributed by atoms with E-state index >= 15 is 0 Å². The molecule has 0 spiro atoms. The third-order valence-corrected chi connectivity index (χ3v) is 4.87. The second kappa shape index (κ2) is 8.49. The molecule has 2 aliphatic rings. The Morgan fingerprint density at radius 1 is 1.25 bits per heavy atom. The molecule has 0 unspecified atom stereocenters. The number of para-hydroxylation sites is 1. The molecule has 1 amide bonds. The summed E-state index contributed by atoms with van der Waals surface area (Å²) in [5.41, 5.74) is 1.30. The van der Waals surface area contributed by atoms with E-state index in [0.717, 1.165) is 52.2 Å². The molecular weight excluding hydrogens is 302 g/mol. The highest BCUT2D eigenvalue weighted by Gasteiger charge is 2.22. The molecule has 3 rings (SSSR count). The van der Waals surface area contributed by atoms with Crippen molar-refractivity contribution >= 4 is 11.6 Å². The van der Waals surface area contributed by atoms with Crippen LogP contribution in [-0.2, 0) is 9.53 Å². The lowest BCUT2D eigenvalue weighted by molar-refractivity contribution is -0.123. The first-order valence-corrected chi connectivity index (χ1v) is 9.14. The van der Waals surface area contributed by atoms with Crippen LogP contribution in [0, 0.1) is 0 Å². The minimum absolute atomic E-state index is 0.123. The zero-order chi connectivity index (χ0) is 16.8. The standard InChI is InChI=1S/C19H29N3O2/c1-16(20-19(23)14-18-8-5-13-24-18)15-21-9-11-22(12-10-21)17-6-3-2-4-7-17/h2-4,6-7,16,18H,5,8-15H2,1H3,(H,20,23)/t16-,18+/m1/s1. The van der Waals surface area contributed by atoms with Crippen molar-refractivity contribution in [2.45, 2.75) is 38.3 Å². The van der Waals surface area contributed by atoms with Crippen molar-refractivity contribution in [1.82, 2.24) is 10.2 Å². The van der Waals surface area contributed by atoms with E-state index in [1.54, 1.807) is 0 Å². The number of rotatable bonds is 6. The van der Waals surface area contributed by atoms with E-state index < -0.39 is 0 Å². The molecule has 1 N–H and O–H groups in total. The van der Waals surface area contributed by atoms with Gasteiger partial charge in [-0.1, -0.05) is 18.2 Å². The van der Waals surface area contributed by atoms with E-state index in [2.05, 4.69) is 52.4 Å². The zero-order valence-electron chi connectivity index (χ0n) is 14.6. The third kappa shape index (κ3) is 4.95. The van der Waals surface area contributed by atoms with E-state index in [-0.39, 0.29) is 18.1 Å². The Morgan fingerprint density at radius 2 is 2.00 bits per heavy atom. The molecule has 2 aliphatic heterocycles. The van der Waals surface area contributed by atoms with Crippen LogP contribution in [0.2, 0.25) is 0 Å². The van der Waals surface area contributed by atoms with Crippen molar-refractivity contribution in [3.63, 3.8) is 0 Å². The summed E-state index contributed by atoms with van der Waals surface area (Å²) in [6, 6.07) is 10.8. The Hall–Kier alpha value is -1.59. The summed E-state index contributed by atoms with van der Waals surface area (Å²) in [7, 11) is 0. The third-order valence-electron chi connectivity index (χ3n) is 4.87. The minimum Gasteiger partial charge on any atom is -0.378 e. The van der Waals surface area contributed by atoms with Crippen LogP contribution >= 0.6 is 0 Å². The van der Waals surface area contributed by atoms with Gasteiger partial charge in [-0.3, -0.25) is 9.69 Å². The van der Waals surface area contributed by atoms with Crippen LogP contribution in [0.15, 0.2) is 30.3 Å². The summed E-state index contributed by atoms with van der Waals surface area (Å²) in [5.74, 6) is 0.123. The van der Waals surface area contributed by atoms with Gasteiger partial charge in [-0.05, 0) is 31.9 Å². The molecule has 2 atom stereocenters. The number of hydrogen-bond donors (Lipinski definition) is 1. The summed E-state index contributed by atoms with van der Waals surface area (Å²) in [5, 5.41) is 3.12. The fraction of sp³-hybridized carbons (Fsp3) is 0.632. The number of nitrogens with one attached hydrogen (secondary N) is 1. The summed E-state index contributed by atoms with van der Waals surface area (Å²) in [6.45, 7) is 7.99. The van der Waals surface area contributed by atoms with Crippen LogP contribution in [0.1, 0.15) is 26.2 Å². The maximum absolute atomic E-state index is 12.1. The highest BCUT2D eigenvalue weighted by molar-refractivity contribution is 5.76. The minimum atomic E-state index is 0.123. The fourth-order valence-corrected chi connectivity index (χ4v) is 3.61. The number of anilines is 1. The largest absolute Gasteiger partial charge is 0.378 e. The summed E-state index contributed by atoms with van der Waals surface area (Å²) in [4.78, 5) is 16.9. The molecule has 2 fully saturated rings. The molecule has 5 nitrogen and oxygen atoms in total. The van der Waals surface area contributed by atoms with Gasteiger partial charge in [0.15, 0.2) is 0 Å². The van der Waals surface area contributed by atoms with E-state index in [9.17, 15) is 4.79 Å². The van der Waals surface area contributed by atoms with E-state index in [1.807, 2.05) is 0 Å². The van der Waals surface area contributed by atoms with Crippen molar-refractivity contribution in [3.8, 4) is 0 Å². The number of benzene rings is 1. The predicted molar refractivity (Wildman–Crippen MR) is 96.3 cm³/mol. The van der Waals surface area contributed by atoms with Crippen LogP contribution in [0.5, 0.6) is 0 Å². The lowest BCUT2D eigenvalue weighted by atomic mass is 10.1. The molecule has 2 heterocycles. The van der Waals surface area contributed by atoms with Crippen LogP contribution in [0.3, 0.4) is 0 Å². The predicted octanol–water partition coefficient (Wildman–Crippen LogP) is 1.88. The summed E-state index contributed by atoms with van der Waals surface area (Å²) in [6.07, 6.45) is 2.74. The fourth-order valence-electron chi connectivity index (χ4n) is 3.61. The van der Waals surface area contributed by atoms with Crippen molar-refractivity contribution in [1.29, 1.82) is 0 Å². The molecule has 132 valence electrons. The molecule has 1 aromatic rings. The van der Waals surface area contributed by atoms with Gasteiger partial charge >= 0.3 is 0 Å². The highest BCUT2D eigenvalue weighted by atomic mass is 16.5. The van der Waals surface area contributed by atoms with Gasteiger partial charge in [-0.25, -0.2) is 0 Å². The summed E-state index contributed by atoms with van der Waals surface area (Å²) < 4.78 is 5.53. The number of ether oxygens (including phenoxy) is 1. The van der Waals surface area contributed by atoms with Crippen molar-refractivity contribution in [2.24, 2.45) is 0 Å². The second-order valence-electron chi connectivity index (χ2n) is 6.93. The maximum atomic E-state index is 12.1. The van der Waals surface area contributed by atoms with Crippen LogP contribution < -0.4 is 10.2 Å². The average molecular weight is 331 g/mol. The van der Waals surface area contributed by atoms with Gasteiger partial charge < -0.3 is 15.0 Å². The Morgan fingerprint density at radius 3 is 2.67 bits per heavy atom. The monoisotopic (exact) mass is 331 g/mol. The van der Waals surface area contributed by atoms with Crippen LogP contribution in [-0.4, -0.2) is 62.3 Å². The van der Waals surface area contributed by atoms with Crippen molar-refractivity contribution in [2.75, 3.05) is 44.2 Å². The topological polar surface area (TPSA) is 44.8 Å². The number of hydrogen-bond acceptors (Lipinski definition) is 4. The molecule has 0 aromatic heterocycles. The number of piperazine rings is 1. The van der Waals surface area contributed by atoms with Gasteiger partial charge in [0.2, 0.25) is 5.91 Å². The number of carbonyl (C=O) groups excluding carboxylic acids is 1. The van der Waals surface area contributed by atoms with Crippen LogP contribution in [0.4, 0.5) is 5.69 Å². The van der Waals surface area contributed by atoms with Crippen LogP contribution in [0.25, 0.3) is 0 Å². The van der Waals surface area contributed by atoms with Gasteiger partial charge in [0, 0.05) is 51.1 Å². The van der Waals surface area contributed by atoms with Gasteiger partial charge in [-0.15, -0.1) is 0 Å². The van der Waals surface area contributed by atoms with Gasteiger partial charge in [0.25, 0.3) is 0 Å². The molecule has 1 aromatic carbocycles. The molecule has 0 aliphatic carbocycles. The van der Waals surface area contributed by atoms with Gasteiger partial charge in [0.05, 0.1) is 12.5 Å². The highest BCUT2D eigenvalue weighted by Crippen LogP contribution is 2.16. The first-order chi connectivity index (χ1) is 11.7. The van der Waals surface area contributed by atoms with E-state index in [4.69, 9.17) is 4.74 Å². The first-order valence-electron chi connectivity index (χ1n) is 9.14. The zero-order valence-corrected chi connectivity index (χ0v) is 14.6. The summed E-state index contributed by atoms with van der Waals surface area (Å²) >= 11 is 0. The van der Waals surface area contributed by atoms with Gasteiger partial charge in [0.1, 0.15) is 0 Å². The first kappa shape index (κ1) is 17.2. The molecule has 5 heteroatoms. The number of carbonyl (C=O) groups is 1. The molecule has 0 saturated carbocycles.